The highest BCUT2D eigenvalue weighted by molar-refractivity contribution is 6.31. The second kappa shape index (κ2) is 10.5. The first-order valence-electron chi connectivity index (χ1n) is 9.65. The fourth-order valence-corrected chi connectivity index (χ4v) is 3.07. The third-order valence-corrected chi connectivity index (χ3v) is 4.89. The van der Waals surface area contributed by atoms with Gasteiger partial charge in [-0.15, -0.1) is 0 Å². The average Bonchev–Trinajstić information content (AvgIpc) is 2.79. The average molecular weight is 451 g/mol. The molecule has 3 aromatic carbocycles. The lowest BCUT2D eigenvalue weighted by atomic mass is 10.1. The summed E-state index contributed by atoms with van der Waals surface area (Å²) in [6, 6.07) is 18.3. The minimum absolute atomic E-state index is 0.0308. The Morgan fingerprint density at radius 2 is 1.94 bits per heavy atom. The lowest BCUT2D eigenvalue weighted by Gasteiger charge is -2.12. The summed E-state index contributed by atoms with van der Waals surface area (Å²) < 4.78 is 24.9. The third-order valence-electron chi connectivity index (χ3n) is 4.65. The molecule has 0 radical (unpaired) electrons. The Morgan fingerprint density at radius 3 is 2.66 bits per heavy atom. The van der Waals surface area contributed by atoms with Crippen LogP contribution >= 0.6 is 11.6 Å². The fourth-order valence-electron chi connectivity index (χ4n) is 2.90. The molecule has 3 aromatic rings. The number of anilines is 1. The molecule has 1 amide bonds. The highest BCUT2D eigenvalue weighted by Crippen LogP contribution is 2.30. The molecular weight excluding hydrogens is 431 g/mol. The van der Waals surface area contributed by atoms with Crippen molar-refractivity contribution in [3.05, 3.63) is 93.8 Å². The van der Waals surface area contributed by atoms with Crippen LogP contribution in [0.3, 0.4) is 0 Å². The number of hydrogen-bond acceptors (Lipinski definition) is 4. The van der Waals surface area contributed by atoms with Gasteiger partial charge in [0, 0.05) is 16.3 Å². The Morgan fingerprint density at radius 1 is 1.16 bits per heavy atom. The summed E-state index contributed by atoms with van der Waals surface area (Å²) in [6.07, 6.45) is 1.44. The summed E-state index contributed by atoms with van der Waals surface area (Å²) in [6.45, 7) is 1.86. The van der Waals surface area contributed by atoms with Gasteiger partial charge in [0.1, 0.15) is 24.1 Å². The van der Waals surface area contributed by atoms with Crippen LogP contribution in [0.5, 0.6) is 11.5 Å². The first-order valence-corrected chi connectivity index (χ1v) is 10.0. The van der Waals surface area contributed by atoms with Crippen molar-refractivity contribution >= 4 is 29.3 Å². The predicted molar refractivity (Wildman–Crippen MR) is 122 cm³/mol. The number of carbonyl (C=O) groups excluding carboxylic acids is 1. The van der Waals surface area contributed by atoms with E-state index in [1.165, 1.54) is 19.3 Å². The van der Waals surface area contributed by atoms with Gasteiger partial charge in [-0.05, 0) is 54.5 Å². The van der Waals surface area contributed by atoms with Crippen LogP contribution in [0.1, 0.15) is 16.7 Å². The molecule has 0 aliphatic heterocycles. The van der Waals surface area contributed by atoms with Crippen LogP contribution in [0.4, 0.5) is 10.1 Å². The maximum Gasteiger partial charge on any atom is 0.266 e. The van der Waals surface area contributed by atoms with Gasteiger partial charge < -0.3 is 14.8 Å². The Hall–Kier alpha value is -3.82. The van der Waals surface area contributed by atoms with E-state index in [1.807, 2.05) is 13.0 Å². The highest BCUT2D eigenvalue weighted by Gasteiger charge is 2.13. The lowest BCUT2D eigenvalue weighted by molar-refractivity contribution is -0.112. The minimum Gasteiger partial charge on any atom is -0.493 e. The summed E-state index contributed by atoms with van der Waals surface area (Å²) in [5.74, 6) is -0.119. The molecule has 7 heteroatoms. The molecule has 0 saturated heterocycles. The van der Waals surface area contributed by atoms with Crippen LogP contribution in [-0.2, 0) is 11.4 Å². The molecule has 0 aromatic heterocycles. The van der Waals surface area contributed by atoms with Crippen molar-refractivity contribution in [3.8, 4) is 17.6 Å². The lowest BCUT2D eigenvalue weighted by Crippen LogP contribution is -2.14. The number of benzene rings is 3. The standard InChI is InChI=1S/C25H20ClFN2O3/c1-16-7-9-20(26)13-22(16)29-25(30)19(14-28)11-17-8-10-23(24(12-17)31-2)32-15-18-5-3-4-6-21(18)27/h3-13H,15H2,1-2H3,(H,29,30)/b19-11+. The van der Waals surface area contributed by atoms with Gasteiger partial charge in [0.2, 0.25) is 0 Å². The monoisotopic (exact) mass is 450 g/mol. The molecule has 32 heavy (non-hydrogen) atoms. The molecule has 0 heterocycles. The van der Waals surface area contributed by atoms with Gasteiger partial charge in [0.25, 0.3) is 5.91 Å². The molecule has 0 aliphatic carbocycles. The van der Waals surface area contributed by atoms with Crippen LogP contribution in [-0.4, -0.2) is 13.0 Å². The zero-order chi connectivity index (χ0) is 23.1. The van der Waals surface area contributed by atoms with Crippen LogP contribution < -0.4 is 14.8 Å². The van der Waals surface area contributed by atoms with Gasteiger partial charge in [-0.1, -0.05) is 41.9 Å². The Balaban J connectivity index is 1.78. The van der Waals surface area contributed by atoms with E-state index in [9.17, 15) is 14.4 Å². The molecule has 0 bridgehead atoms. The van der Waals surface area contributed by atoms with E-state index in [-0.39, 0.29) is 18.0 Å². The topological polar surface area (TPSA) is 71.3 Å². The van der Waals surface area contributed by atoms with Crippen molar-refractivity contribution in [2.24, 2.45) is 0 Å². The smallest absolute Gasteiger partial charge is 0.266 e. The molecule has 0 unspecified atom stereocenters. The number of aryl methyl sites for hydroxylation is 1. The molecule has 0 aliphatic rings. The molecule has 162 valence electrons. The van der Waals surface area contributed by atoms with Crippen molar-refractivity contribution in [2.75, 3.05) is 12.4 Å². The number of amides is 1. The fraction of sp³-hybridized carbons (Fsp3) is 0.120. The number of carbonyl (C=O) groups is 1. The Bertz CT molecular complexity index is 1220. The SMILES string of the molecule is COc1cc(/C=C(\C#N)C(=O)Nc2cc(Cl)ccc2C)ccc1OCc1ccccc1F. The quantitative estimate of drug-likeness (QED) is 0.358. The van der Waals surface area contributed by atoms with Crippen LogP contribution in [0.25, 0.3) is 6.08 Å². The number of halogens is 2. The first kappa shape index (κ1) is 22.9. The van der Waals surface area contributed by atoms with E-state index in [0.717, 1.165) is 5.56 Å². The highest BCUT2D eigenvalue weighted by atomic mass is 35.5. The normalized spacial score (nSPS) is 10.9. The van der Waals surface area contributed by atoms with Crippen LogP contribution in [0.15, 0.2) is 66.2 Å². The largest absolute Gasteiger partial charge is 0.493 e. The number of methoxy groups -OCH3 is 1. The van der Waals surface area contributed by atoms with Crippen molar-refractivity contribution in [1.29, 1.82) is 5.26 Å². The van der Waals surface area contributed by atoms with E-state index in [4.69, 9.17) is 21.1 Å². The van der Waals surface area contributed by atoms with Crippen LogP contribution in [0.2, 0.25) is 5.02 Å². The van der Waals surface area contributed by atoms with E-state index < -0.39 is 5.91 Å². The van der Waals surface area contributed by atoms with Gasteiger partial charge in [-0.2, -0.15) is 5.26 Å². The molecule has 5 nitrogen and oxygen atoms in total. The Labute approximate surface area is 190 Å². The predicted octanol–water partition coefficient (Wildman–Crippen LogP) is 5.92. The number of hydrogen-bond donors (Lipinski definition) is 1. The number of nitrogens with zero attached hydrogens (tertiary/aromatic N) is 1. The first-order chi connectivity index (χ1) is 15.4. The minimum atomic E-state index is -0.559. The van der Waals surface area contributed by atoms with Crippen molar-refractivity contribution < 1.29 is 18.7 Å². The maximum absolute atomic E-state index is 13.8. The summed E-state index contributed by atoms with van der Waals surface area (Å²) >= 11 is 5.99. The van der Waals surface area contributed by atoms with E-state index in [2.05, 4.69) is 5.32 Å². The van der Waals surface area contributed by atoms with E-state index in [1.54, 1.807) is 54.6 Å². The van der Waals surface area contributed by atoms with Crippen molar-refractivity contribution in [1.82, 2.24) is 0 Å². The summed E-state index contributed by atoms with van der Waals surface area (Å²) in [5.41, 5.74) is 2.23. The zero-order valence-electron chi connectivity index (χ0n) is 17.5. The van der Waals surface area contributed by atoms with Gasteiger partial charge in [-0.25, -0.2) is 4.39 Å². The van der Waals surface area contributed by atoms with Crippen LogP contribution in [0, 0.1) is 24.1 Å². The second-order valence-corrected chi connectivity index (χ2v) is 7.31. The van der Waals surface area contributed by atoms with Gasteiger partial charge in [0.15, 0.2) is 11.5 Å². The van der Waals surface area contributed by atoms with Crippen molar-refractivity contribution in [2.45, 2.75) is 13.5 Å². The van der Waals surface area contributed by atoms with E-state index in [0.29, 0.717) is 33.3 Å². The third kappa shape index (κ3) is 5.65. The molecule has 0 saturated carbocycles. The van der Waals surface area contributed by atoms with Gasteiger partial charge in [0.05, 0.1) is 7.11 Å². The molecule has 3 rings (SSSR count). The zero-order valence-corrected chi connectivity index (χ0v) is 18.2. The number of nitrogens with one attached hydrogen (secondary N) is 1. The summed E-state index contributed by atoms with van der Waals surface area (Å²) in [5, 5.41) is 12.7. The molecule has 1 N–H and O–H groups in total. The second-order valence-electron chi connectivity index (χ2n) is 6.87. The summed E-state index contributed by atoms with van der Waals surface area (Å²) in [7, 11) is 1.47. The number of ether oxygens (including phenoxy) is 2. The Kier molecular flexibility index (Phi) is 7.48. The molecule has 0 fully saturated rings. The van der Waals surface area contributed by atoms with Gasteiger partial charge >= 0.3 is 0 Å². The van der Waals surface area contributed by atoms with Gasteiger partial charge in [-0.3, -0.25) is 4.79 Å². The molecular formula is C25H20ClFN2O3. The number of nitriles is 1. The van der Waals surface area contributed by atoms with Crippen molar-refractivity contribution in [3.63, 3.8) is 0 Å². The van der Waals surface area contributed by atoms with E-state index >= 15 is 0 Å². The maximum atomic E-state index is 13.8. The molecule has 0 atom stereocenters. The summed E-state index contributed by atoms with van der Waals surface area (Å²) in [4.78, 5) is 12.6. The molecule has 0 spiro atoms. The number of rotatable bonds is 7.